The molecule has 1 aromatic rings. The predicted molar refractivity (Wildman–Crippen MR) is 72.4 cm³/mol. The van der Waals surface area contributed by atoms with Crippen LogP contribution in [0.15, 0.2) is 10.9 Å². The highest BCUT2D eigenvalue weighted by Crippen LogP contribution is 2.25. The van der Waals surface area contributed by atoms with Gasteiger partial charge in [0.05, 0.1) is 6.10 Å². The van der Waals surface area contributed by atoms with E-state index in [1.54, 1.807) is 0 Å². The van der Waals surface area contributed by atoms with Crippen LogP contribution in [0.25, 0.3) is 0 Å². The van der Waals surface area contributed by atoms with Gasteiger partial charge in [-0.05, 0) is 6.92 Å². The van der Waals surface area contributed by atoms with Gasteiger partial charge in [0.2, 0.25) is 0 Å². The number of aromatic nitrogens is 2. The number of aromatic amines is 1. The lowest BCUT2D eigenvalue weighted by Gasteiger charge is -2.26. The fourth-order valence-corrected chi connectivity index (χ4v) is 2.09. The molecule has 0 saturated carbocycles. The minimum atomic E-state index is -0.901. The first kappa shape index (κ1) is 14.0. The standard InChI is InChI=1S/C13H21N3O3/c1-8(2)12-15-10(6-11(17)16-12)14-7-13(18)4-5-19-9(13)3/h6,8-9,18H,4-5,7H2,1-3H3,(H2,14,15,16,17). The van der Waals surface area contributed by atoms with Crippen molar-refractivity contribution in [1.29, 1.82) is 0 Å². The molecule has 1 aliphatic heterocycles. The van der Waals surface area contributed by atoms with E-state index in [4.69, 9.17) is 4.74 Å². The summed E-state index contributed by atoms with van der Waals surface area (Å²) in [7, 11) is 0. The third-order valence-corrected chi connectivity index (χ3v) is 3.54. The van der Waals surface area contributed by atoms with Crippen molar-refractivity contribution in [3.05, 3.63) is 22.2 Å². The summed E-state index contributed by atoms with van der Waals surface area (Å²) in [5.41, 5.74) is -1.09. The summed E-state index contributed by atoms with van der Waals surface area (Å²) in [6, 6.07) is 1.40. The number of H-pyrrole nitrogens is 1. The van der Waals surface area contributed by atoms with Gasteiger partial charge < -0.3 is 20.1 Å². The van der Waals surface area contributed by atoms with E-state index in [9.17, 15) is 9.90 Å². The Kier molecular flexibility index (Phi) is 3.91. The predicted octanol–water partition coefficient (Wildman–Crippen LogP) is 0.845. The number of aliphatic hydroxyl groups is 1. The highest BCUT2D eigenvalue weighted by molar-refractivity contribution is 5.34. The molecule has 1 aliphatic rings. The Bertz CT molecular complexity index is 500. The third-order valence-electron chi connectivity index (χ3n) is 3.54. The van der Waals surface area contributed by atoms with Crippen LogP contribution >= 0.6 is 0 Å². The molecule has 2 unspecified atom stereocenters. The zero-order chi connectivity index (χ0) is 14.0. The molecule has 19 heavy (non-hydrogen) atoms. The smallest absolute Gasteiger partial charge is 0.252 e. The quantitative estimate of drug-likeness (QED) is 0.752. The Morgan fingerprint density at radius 1 is 1.68 bits per heavy atom. The molecule has 0 amide bonds. The Morgan fingerprint density at radius 2 is 2.42 bits per heavy atom. The van der Waals surface area contributed by atoms with Crippen molar-refractivity contribution in [3.63, 3.8) is 0 Å². The first-order chi connectivity index (χ1) is 8.90. The van der Waals surface area contributed by atoms with Crippen molar-refractivity contribution in [2.75, 3.05) is 18.5 Å². The largest absolute Gasteiger partial charge is 0.385 e. The maximum Gasteiger partial charge on any atom is 0.252 e. The second kappa shape index (κ2) is 5.30. The fourth-order valence-electron chi connectivity index (χ4n) is 2.09. The molecule has 6 nitrogen and oxygen atoms in total. The number of hydrogen-bond acceptors (Lipinski definition) is 5. The molecule has 0 aliphatic carbocycles. The van der Waals surface area contributed by atoms with Gasteiger partial charge in [0.15, 0.2) is 0 Å². The van der Waals surface area contributed by atoms with Gasteiger partial charge in [0.1, 0.15) is 17.2 Å². The second-order valence-corrected chi connectivity index (χ2v) is 5.39. The lowest BCUT2D eigenvalue weighted by molar-refractivity contribution is -0.0176. The minimum absolute atomic E-state index is 0.145. The van der Waals surface area contributed by atoms with Crippen molar-refractivity contribution in [2.24, 2.45) is 0 Å². The monoisotopic (exact) mass is 267 g/mol. The van der Waals surface area contributed by atoms with Crippen molar-refractivity contribution in [1.82, 2.24) is 9.97 Å². The molecule has 0 spiro atoms. The number of hydrogen-bond donors (Lipinski definition) is 3. The number of nitrogens with zero attached hydrogens (tertiary/aromatic N) is 1. The van der Waals surface area contributed by atoms with Crippen LogP contribution in [0.3, 0.4) is 0 Å². The molecule has 2 rings (SSSR count). The van der Waals surface area contributed by atoms with Crippen LogP contribution in [-0.2, 0) is 4.74 Å². The molecule has 1 fully saturated rings. The molecule has 2 atom stereocenters. The van der Waals surface area contributed by atoms with Gasteiger partial charge in [-0.1, -0.05) is 13.8 Å². The summed E-state index contributed by atoms with van der Waals surface area (Å²) in [5, 5.41) is 13.4. The Hall–Kier alpha value is -1.40. The van der Waals surface area contributed by atoms with Crippen molar-refractivity contribution >= 4 is 5.82 Å². The fraction of sp³-hybridized carbons (Fsp3) is 0.692. The summed E-state index contributed by atoms with van der Waals surface area (Å²) in [5.74, 6) is 1.27. The van der Waals surface area contributed by atoms with Gasteiger partial charge in [-0.15, -0.1) is 0 Å². The average molecular weight is 267 g/mol. The van der Waals surface area contributed by atoms with Crippen LogP contribution in [0.1, 0.15) is 38.9 Å². The summed E-state index contributed by atoms with van der Waals surface area (Å²) in [4.78, 5) is 18.6. The van der Waals surface area contributed by atoms with Gasteiger partial charge in [0, 0.05) is 31.6 Å². The molecule has 0 radical (unpaired) electrons. The molecule has 0 aromatic carbocycles. The molecular weight excluding hydrogens is 246 g/mol. The lowest BCUT2D eigenvalue weighted by Crippen LogP contribution is -2.43. The summed E-state index contributed by atoms with van der Waals surface area (Å²) < 4.78 is 5.36. The van der Waals surface area contributed by atoms with E-state index < -0.39 is 5.60 Å². The normalized spacial score (nSPS) is 26.9. The molecule has 3 N–H and O–H groups in total. The van der Waals surface area contributed by atoms with Crippen LogP contribution in [0.2, 0.25) is 0 Å². The van der Waals surface area contributed by atoms with Crippen LogP contribution in [0.5, 0.6) is 0 Å². The highest BCUT2D eigenvalue weighted by atomic mass is 16.5. The van der Waals surface area contributed by atoms with E-state index in [0.29, 0.717) is 31.2 Å². The zero-order valence-corrected chi connectivity index (χ0v) is 11.6. The molecule has 2 heterocycles. The van der Waals surface area contributed by atoms with Crippen LogP contribution < -0.4 is 10.9 Å². The summed E-state index contributed by atoms with van der Waals surface area (Å²) in [6.07, 6.45) is 0.369. The van der Waals surface area contributed by atoms with Gasteiger partial charge in [-0.2, -0.15) is 0 Å². The molecular formula is C13H21N3O3. The minimum Gasteiger partial charge on any atom is -0.385 e. The molecule has 106 valence electrons. The summed E-state index contributed by atoms with van der Waals surface area (Å²) in [6.45, 7) is 6.64. The second-order valence-electron chi connectivity index (χ2n) is 5.39. The Morgan fingerprint density at radius 3 is 3.00 bits per heavy atom. The third kappa shape index (κ3) is 3.13. The van der Waals surface area contributed by atoms with Crippen LogP contribution in [0.4, 0.5) is 5.82 Å². The molecule has 0 bridgehead atoms. The van der Waals surface area contributed by atoms with E-state index in [1.165, 1.54) is 6.07 Å². The number of rotatable bonds is 4. The van der Waals surface area contributed by atoms with E-state index in [2.05, 4.69) is 15.3 Å². The first-order valence-electron chi connectivity index (χ1n) is 6.60. The van der Waals surface area contributed by atoms with E-state index in [-0.39, 0.29) is 17.6 Å². The SMILES string of the molecule is CC(C)c1nc(NCC2(O)CCOC2C)cc(=O)[nH]1. The van der Waals surface area contributed by atoms with E-state index in [0.717, 1.165) is 0 Å². The zero-order valence-electron chi connectivity index (χ0n) is 11.6. The van der Waals surface area contributed by atoms with E-state index in [1.807, 2.05) is 20.8 Å². The number of nitrogens with one attached hydrogen (secondary N) is 2. The van der Waals surface area contributed by atoms with Gasteiger partial charge >= 0.3 is 0 Å². The highest BCUT2D eigenvalue weighted by Gasteiger charge is 2.39. The lowest BCUT2D eigenvalue weighted by atomic mass is 9.97. The van der Waals surface area contributed by atoms with E-state index >= 15 is 0 Å². The van der Waals surface area contributed by atoms with Crippen molar-refractivity contribution in [3.8, 4) is 0 Å². The maximum absolute atomic E-state index is 11.5. The van der Waals surface area contributed by atoms with Gasteiger partial charge in [0.25, 0.3) is 5.56 Å². The first-order valence-corrected chi connectivity index (χ1v) is 6.60. The molecule has 1 saturated heterocycles. The average Bonchev–Trinajstić information content (AvgIpc) is 2.67. The van der Waals surface area contributed by atoms with Crippen molar-refractivity contribution in [2.45, 2.75) is 44.8 Å². The van der Waals surface area contributed by atoms with Gasteiger partial charge in [-0.3, -0.25) is 4.79 Å². The number of ether oxygens (including phenoxy) is 1. The van der Waals surface area contributed by atoms with Crippen molar-refractivity contribution < 1.29 is 9.84 Å². The topological polar surface area (TPSA) is 87.2 Å². The molecule has 6 heteroatoms. The van der Waals surface area contributed by atoms with Crippen LogP contribution in [0, 0.1) is 0 Å². The molecule has 1 aromatic heterocycles. The maximum atomic E-state index is 11.5. The summed E-state index contributed by atoms with van der Waals surface area (Å²) >= 11 is 0. The number of anilines is 1. The Labute approximate surface area is 112 Å². The Balaban J connectivity index is 2.09. The van der Waals surface area contributed by atoms with Crippen LogP contribution in [-0.4, -0.2) is 39.9 Å². The van der Waals surface area contributed by atoms with Gasteiger partial charge in [-0.25, -0.2) is 4.98 Å².